The molecule has 0 aliphatic carbocycles. The summed E-state index contributed by atoms with van der Waals surface area (Å²) in [6.45, 7) is 0.00843. The van der Waals surface area contributed by atoms with Gasteiger partial charge in [-0.2, -0.15) is 8.62 Å². The van der Waals surface area contributed by atoms with Crippen molar-refractivity contribution in [1.82, 2.24) is 0 Å². The minimum Gasteiger partial charge on any atom is -0.383 e. The molecule has 5 N–H and O–H groups in total. The van der Waals surface area contributed by atoms with Crippen LogP contribution in [-0.4, -0.2) is 54.1 Å². The summed E-state index contributed by atoms with van der Waals surface area (Å²) >= 11 is 0. The van der Waals surface area contributed by atoms with E-state index in [0.717, 1.165) is 0 Å². The topological polar surface area (TPSA) is 232 Å². The Balaban J connectivity index is 2.84. The van der Waals surface area contributed by atoms with E-state index in [9.17, 15) is 33.8 Å². The highest BCUT2D eigenvalue weighted by atomic mass is 31.3. The number of phosphoric ester groups is 1. The third-order valence-corrected chi connectivity index (χ3v) is 6.42. The van der Waals surface area contributed by atoms with Crippen molar-refractivity contribution in [3.8, 4) is 0 Å². The number of nitrogens with zero attached hydrogens (tertiary/aromatic N) is 1. The Morgan fingerprint density at radius 3 is 2.12 bits per heavy atom. The van der Waals surface area contributed by atoms with Gasteiger partial charge < -0.3 is 29.4 Å². The lowest BCUT2D eigenvalue weighted by molar-refractivity contribution is -0.637. The summed E-state index contributed by atoms with van der Waals surface area (Å²) in [5, 5.41) is 20.7. The SMILES string of the molecule is CC1CC(O)C(COP(=O)(O)OP(=O)(O)OP(=O)(O)O)([N+](=O)[O-])O1. The lowest BCUT2D eigenvalue weighted by Gasteiger charge is -2.24. The third-order valence-electron chi connectivity index (χ3n) is 2.64. The second-order valence-corrected chi connectivity index (χ2v) is 9.07. The summed E-state index contributed by atoms with van der Waals surface area (Å²) < 4.78 is 49.0. The Bertz CT molecular complexity index is 630. The minimum atomic E-state index is -5.74. The fraction of sp³-hybridized carbons (Fsp3) is 1.00. The van der Waals surface area contributed by atoms with E-state index in [1.807, 2.05) is 0 Å². The molecule has 5 atom stereocenters. The molecule has 0 aromatic carbocycles. The van der Waals surface area contributed by atoms with Gasteiger partial charge in [0.2, 0.25) is 0 Å². The van der Waals surface area contributed by atoms with Crippen molar-refractivity contribution in [1.29, 1.82) is 0 Å². The standard InChI is InChI=1S/C6H14NO14P3/c1-4-2-5(8)6(19-4,7(9)10)3-18-23(14,15)21-24(16,17)20-22(11,12)13/h4-5,8H,2-3H2,1H3,(H,14,15)(H,16,17)(H2,11,12,13). The Morgan fingerprint density at radius 2 is 1.75 bits per heavy atom. The van der Waals surface area contributed by atoms with Gasteiger partial charge in [-0.1, -0.05) is 0 Å². The molecule has 0 aromatic rings. The van der Waals surface area contributed by atoms with Crippen LogP contribution in [0.3, 0.4) is 0 Å². The predicted molar refractivity (Wildman–Crippen MR) is 70.7 cm³/mol. The van der Waals surface area contributed by atoms with Crippen LogP contribution in [0, 0.1) is 10.1 Å². The number of hydrogen-bond acceptors (Lipinski definition) is 10. The molecule has 24 heavy (non-hydrogen) atoms. The maximum Gasteiger partial charge on any atom is 0.490 e. The smallest absolute Gasteiger partial charge is 0.383 e. The van der Waals surface area contributed by atoms with Crippen molar-refractivity contribution in [2.24, 2.45) is 0 Å². The Morgan fingerprint density at radius 1 is 1.21 bits per heavy atom. The van der Waals surface area contributed by atoms with Crippen LogP contribution in [0.5, 0.6) is 0 Å². The van der Waals surface area contributed by atoms with Crippen molar-refractivity contribution in [3.05, 3.63) is 10.1 Å². The van der Waals surface area contributed by atoms with Crippen LogP contribution in [0.25, 0.3) is 0 Å². The zero-order valence-electron chi connectivity index (χ0n) is 11.8. The van der Waals surface area contributed by atoms with Gasteiger partial charge >= 0.3 is 29.2 Å². The number of phosphoric acid groups is 3. The Hall–Kier alpha value is -0.270. The predicted octanol–water partition coefficient (Wildman–Crippen LogP) is -0.528. The van der Waals surface area contributed by atoms with Gasteiger partial charge in [-0.15, -0.1) is 0 Å². The summed E-state index contributed by atoms with van der Waals surface area (Å²) in [5.41, 5.74) is -2.63. The first-order valence-corrected chi connectivity index (χ1v) is 10.4. The molecule has 1 fully saturated rings. The number of aliphatic hydroxyl groups is 1. The van der Waals surface area contributed by atoms with E-state index >= 15 is 0 Å². The second kappa shape index (κ2) is 7.16. The first kappa shape index (κ1) is 21.8. The van der Waals surface area contributed by atoms with E-state index < -0.39 is 52.9 Å². The van der Waals surface area contributed by atoms with E-state index in [2.05, 4.69) is 13.1 Å². The molecule has 1 saturated heterocycles. The highest BCUT2D eigenvalue weighted by molar-refractivity contribution is 7.66. The highest BCUT2D eigenvalue weighted by Gasteiger charge is 2.59. The third kappa shape index (κ3) is 5.92. The summed E-state index contributed by atoms with van der Waals surface area (Å²) in [7, 11) is -16.9. The Kier molecular flexibility index (Phi) is 6.49. The second-order valence-electron chi connectivity index (χ2n) is 4.65. The lowest BCUT2D eigenvalue weighted by atomic mass is 10.1. The molecule has 0 aromatic heterocycles. The van der Waals surface area contributed by atoms with Crippen LogP contribution in [0.4, 0.5) is 0 Å². The molecule has 1 heterocycles. The number of ether oxygens (including phenoxy) is 1. The van der Waals surface area contributed by atoms with E-state index in [-0.39, 0.29) is 6.42 Å². The average Bonchev–Trinajstić information content (AvgIpc) is 2.57. The maximum atomic E-state index is 11.5. The van der Waals surface area contributed by atoms with Crippen LogP contribution in [0.2, 0.25) is 0 Å². The number of hydrogen-bond donors (Lipinski definition) is 5. The summed E-state index contributed by atoms with van der Waals surface area (Å²) in [5.74, 6) is 0. The van der Waals surface area contributed by atoms with Crippen molar-refractivity contribution in [2.75, 3.05) is 6.61 Å². The normalized spacial score (nSPS) is 32.9. The zero-order valence-corrected chi connectivity index (χ0v) is 14.5. The molecule has 0 saturated carbocycles. The minimum absolute atomic E-state index is 0.194. The van der Waals surface area contributed by atoms with Gasteiger partial charge in [0.05, 0.1) is 11.0 Å². The molecule has 18 heteroatoms. The molecule has 1 aliphatic heterocycles. The van der Waals surface area contributed by atoms with Gasteiger partial charge in [0, 0.05) is 6.42 Å². The van der Waals surface area contributed by atoms with Crippen LogP contribution >= 0.6 is 23.5 Å². The lowest BCUT2D eigenvalue weighted by Crippen LogP contribution is -2.51. The molecule has 0 bridgehead atoms. The van der Waals surface area contributed by atoms with Crippen molar-refractivity contribution in [3.63, 3.8) is 0 Å². The van der Waals surface area contributed by atoms with Crippen LogP contribution < -0.4 is 0 Å². The molecule has 0 amide bonds. The molecule has 1 aliphatic rings. The molecular weight excluding hydrogens is 403 g/mol. The highest BCUT2D eigenvalue weighted by Crippen LogP contribution is 2.66. The number of rotatable bonds is 8. The maximum absolute atomic E-state index is 11.5. The average molecular weight is 417 g/mol. The molecule has 0 radical (unpaired) electrons. The van der Waals surface area contributed by atoms with E-state index in [1.165, 1.54) is 6.92 Å². The van der Waals surface area contributed by atoms with E-state index in [0.29, 0.717) is 0 Å². The largest absolute Gasteiger partial charge is 0.490 e. The number of nitro groups is 1. The van der Waals surface area contributed by atoms with Crippen molar-refractivity contribution >= 4 is 23.5 Å². The fourth-order valence-electron chi connectivity index (χ4n) is 1.80. The van der Waals surface area contributed by atoms with E-state index in [4.69, 9.17) is 19.4 Å². The zero-order chi connectivity index (χ0) is 19.0. The Labute approximate surface area is 133 Å². The monoisotopic (exact) mass is 417 g/mol. The molecule has 142 valence electrons. The summed E-state index contributed by atoms with van der Waals surface area (Å²) in [6, 6.07) is 0. The summed E-state index contributed by atoms with van der Waals surface area (Å²) in [6.07, 6.45) is -2.72. The van der Waals surface area contributed by atoms with Gasteiger partial charge in [0.25, 0.3) is 0 Å². The van der Waals surface area contributed by atoms with Crippen molar-refractivity contribution < 1.29 is 61.2 Å². The number of aliphatic hydroxyl groups excluding tert-OH is 1. The van der Waals surface area contributed by atoms with Gasteiger partial charge in [-0.05, 0) is 6.92 Å². The van der Waals surface area contributed by atoms with Gasteiger partial charge in [-0.3, -0.25) is 14.6 Å². The van der Waals surface area contributed by atoms with E-state index in [1.54, 1.807) is 0 Å². The quantitative estimate of drug-likeness (QED) is 0.190. The first-order chi connectivity index (χ1) is 10.6. The molecule has 0 spiro atoms. The van der Waals surface area contributed by atoms with Crippen LogP contribution in [0.1, 0.15) is 13.3 Å². The molecule has 1 rings (SSSR count). The first-order valence-electron chi connectivity index (χ1n) is 5.87. The summed E-state index contributed by atoms with van der Waals surface area (Å²) in [4.78, 5) is 44.8. The fourth-order valence-corrected chi connectivity index (χ4v) is 4.84. The molecule has 5 unspecified atom stereocenters. The van der Waals surface area contributed by atoms with Gasteiger partial charge in [0.1, 0.15) is 0 Å². The van der Waals surface area contributed by atoms with Crippen molar-refractivity contribution in [2.45, 2.75) is 31.3 Å². The molecule has 15 nitrogen and oxygen atoms in total. The van der Waals surface area contributed by atoms with Crippen LogP contribution in [-0.2, 0) is 31.6 Å². The van der Waals surface area contributed by atoms with Gasteiger partial charge in [0.15, 0.2) is 12.7 Å². The molecular formula is C6H14NO14P3. The van der Waals surface area contributed by atoms with Crippen LogP contribution in [0.15, 0.2) is 0 Å². The van der Waals surface area contributed by atoms with Gasteiger partial charge in [-0.25, -0.2) is 13.7 Å².